The number of pyridine rings is 1. The number of hydrogen-bond acceptors (Lipinski definition) is 3. The van der Waals surface area contributed by atoms with Gasteiger partial charge >= 0.3 is 0 Å². The molecule has 2 aromatic rings. The summed E-state index contributed by atoms with van der Waals surface area (Å²) in [4.78, 5) is 18.0. The van der Waals surface area contributed by atoms with Gasteiger partial charge in [-0.05, 0) is 42.8 Å². The first-order valence-corrected chi connectivity index (χ1v) is 5.65. The van der Waals surface area contributed by atoms with E-state index in [4.69, 9.17) is 5.73 Å². The predicted octanol–water partition coefficient (Wildman–Crippen LogP) is 2.25. The third-order valence-corrected chi connectivity index (χ3v) is 2.76. The first-order valence-electron chi connectivity index (χ1n) is 5.65. The van der Waals surface area contributed by atoms with E-state index in [1.54, 1.807) is 42.4 Å². The summed E-state index contributed by atoms with van der Waals surface area (Å²) in [5, 5.41) is 0. The first kappa shape index (κ1) is 12.1. The van der Waals surface area contributed by atoms with Gasteiger partial charge < -0.3 is 5.73 Å². The van der Waals surface area contributed by atoms with Crippen molar-refractivity contribution in [2.24, 2.45) is 0 Å². The van der Waals surface area contributed by atoms with E-state index in [1.165, 1.54) is 0 Å². The number of carbonyl (C=O) groups excluding carboxylic acids is 1. The Morgan fingerprint density at radius 1 is 1.22 bits per heavy atom. The molecule has 1 aromatic carbocycles. The molecule has 0 unspecified atom stereocenters. The Balaban J connectivity index is 2.29. The fourth-order valence-electron chi connectivity index (χ4n) is 1.74. The van der Waals surface area contributed by atoms with Gasteiger partial charge in [0.05, 0.1) is 0 Å². The van der Waals surface area contributed by atoms with Crippen molar-refractivity contribution in [2.45, 2.75) is 6.92 Å². The normalized spacial score (nSPS) is 10.1. The highest BCUT2D eigenvalue weighted by atomic mass is 16.2. The van der Waals surface area contributed by atoms with E-state index in [2.05, 4.69) is 4.98 Å². The van der Waals surface area contributed by atoms with E-state index in [0.717, 1.165) is 5.56 Å². The predicted molar refractivity (Wildman–Crippen MR) is 72.6 cm³/mol. The van der Waals surface area contributed by atoms with Gasteiger partial charge in [0.2, 0.25) is 0 Å². The molecule has 1 aromatic heterocycles. The molecule has 0 aliphatic carbocycles. The van der Waals surface area contributed by atoms with Crippen LogP contribution in [-0.2, 0) is 0 Å². The molecule has 0 spiro atoms. The molecule has 4 heteroatoms. The van der Waals surface area contributed by atoms with Gasteiger partial charge in [-0.3, -0.25) is 9.69 Å². The molecule has 0 fully saturated rings. The van der Waals surface area contributed by atoms with Gasteiger partial charge in [0.25, 0.3) is 5.91 Å². The number of aromatic nitrogens is 1. The molecule has 18 heavy (non-hydrogen) atoms. The van der Waals surface area contributed by atoms with Crippen LogP contribution in [0.25, 0.3) is 0 Å². The van der Waals surface area contributed by atoms with Gasteiger partial charge in [0.15, 0.2) is 0 Å². The highest BCUT2D eigenvalue weighted by Crippen LogP contribution is 2.17. The second kappa shape index (κ2) is 4.87. The van der Waals surface area contributed by atoms with Crippen molar-refractivity contribution < 1.29 is 4.79 Å². The molecule has 0 saturated heterocycles. The van der Waals surface area contributed by atoms with Crippen LogP contribution in [0.1, 0.15) is 15.9 Å². The number of nitrogen functional groups attached to an aromatic ring is 1. The Hall–Kier alpha value is -2.36. The Morgan fingerprint density at radius 2 is 1.89 bits per heavy atom. The fourth-order valence-corrected chi connectivity index (χ4v) is 1.74. The van der Waals surface area contributed by atoms with Crippen molar-refractivity contribution in [3.8, 4) is 0 Å². The van der Waals surface area contributed by atoms with Crippen LogP contribution in [0.3, 0.4) is 0 Å². The lowest BCUT2D eigenvalue weighted by Gasteiger charge is -2.18. The zero-order chi connectivity index (χ0) is 13.1. The molecule has 0 aliphatic heterocycles. The molecule has 2 N–H and O–H groups in total. The van der Waals surface area contributed by atoms with Crippen LogP contribution in [0.4, 0.5) is 11.5 Å². The average Bonchev–Trinajstić information content (AvgIpc) is 2.38. The largest absolute Gasteiger partial charge is 0.399 e. The van der Waals surface area contributed by atoms with Gasteiger partial charge in [-0.2, -0.15) is 0 Å². The quantitative estimate of drug-likeness (QED) is 0.820. The van der Waals surface area contributed by atoms with Crippen LogP contribution in [0.2, 0.25) is 0 Å². The van der Waals surface area contributed by atoms with Crippen LogP contribution in [-0.4, -0.2) is 17.9 Å². The van der Waals surface area contributed by atoms with Crippen molar-refractivity contribution in [1.82, 2.24) is 4.98 Å². The van der Waals surface area contributed by atoms with Crippen molar-refractivity contribution in [2.75, 3.05) is 17.7 Å². The second-order valence-electron chi connectivity index (χ2n) is 4.13. The number of aryl methyl sites for hydroxylation is 1. The maximum Gasteiger partial charge on any atom is 0.259 e. The summed E-state index contributed by atoms with van der Waals surface area (Å²) >= 11 is 0. The topological polar surface area (TPSA) is 59.2 Å². The molecule has 1 amide bonds. The Labute approximate surface area is 106 Å². The van der Waals surface area contributed by atoms with Crippen molar-refractivity contribution in [3.63, 3.8) is 0 Å². The summed E-state index contributed by atoms with van der Waals surface area (Å²) in [6.45, 7) is 1.93. The van der Waals surface area contributed by atoms with Gasteiger partial charge in [-0.15, -0.1) is 0 Å². The van der Waals surface area contributed by atoms with E-state index >= 15 is 0 Å². The molecule has 0 bridgehead atoms. The molecule has 0 aliphatic rings. The van der Waals surface area contributed by atoms with Gasteiger partial charge in [0.1, 0.15) is 5.82 Å². The molecule has 0 radical (unpaired) electrons. The highest BCUT2D eigenvalue weighted by Gasteiger charge is 2.15. The summed E-state index contributed by atoms with van der Waals surface area (Å²) in [6.07, 6.45) is 1.68. The molecule has 4 nitrogen and oxygen atoms in total. The molecule has 0 saturated carbocycles. The molecule has 92 valence electrons. The number of nitrogens with zero attached hydrogens (tertiary/aromatic N) is 2. The lowest BCUT2D eigenvalue weighted by molar-refractivity contribution is 0.0992. The molecular weight excluding hydrogens is 226 g/mol. The number of hydrogen-bond donors (Lipinski definition) is 1. The minimum Gasteiger partial charge on any atom is -0.399 e. The maximum absolute atomic E-state index is 12.3. The molecule has 2 rings (SSSR count). The number of rotatable bonds is 2. The minimum atomic E-state index is -0.100. The number of anilines is 2. The zero-order valence-corrected chi connectivity index (χ0v) is 10.4. The van der Waals surface area contributed by atoms with Gasteiger partial charge in [-0.1, -0.05) is 6.07 Å². The summed E-state index contributed by atoms with van der Waals surface area (Å²) < 4.78 is 0. The zero-order valence-electron chi connectivity index (χ0n) is 10.4. The number of amides is 1. The number of benzene rings is 1. The SMILES string of the molecule is Cc1cccnc1N(C)C(=O)c1ccc(N)cc1. The van der Waals surface area contributed by atoms with Crippen molar-refractivity contribution >= 4 is 17.4 Å². The smallest absolute Gasteiger partial charge is 0.259 e. The van der Waals surface area contributed by atoms with E-state index in [-0.39, 0.29) is 5.91 Å². The fraction of sp³-hybridized carbons (Fsp3) is 0.143. The second-order valence-corrected chi connectivity index (χ2v) is 4.13. The maximum atomic E-state index is 12.3. The van der Waals surface area contributed by atoms with Crippen molar-refractivity contribution in [1.29, 1.82) is 0 Å². The summed E-state index contributed by atoms with van der Waals surface area (Å²) in [5.74, 6) is 0.566. The van der Waals surface area contributed by atoms with E-state index < -0.39 is 0 Å². The van der Waals surface area contributed by atoms with Crippen LogP contribution in [0.15, 0.2) is 42.6 Å². The van der Waals surface area contributed by atoms with Gasteiger partial charge in [-0.25, -0.2) is 4.98 Å². The summed E-state index contributed by atoms with van der Waals surface area (Å²) in [5.41, 5.74) is 7.80. The molecular formula is C14H15N3O. The Kier molecular flexibility index (Phi) is 3.28. The minimum absolute atomic E-state index is 0.100. The van der Waals surface area contributed by atoms with Crippen LogP contribution >= 0.6 is 0 Å². The lowest BCUT2D eigenvalue weighted by atomic mass is 10.1. The van der Waals surface area contributed by atoms with E-state index in [1.807, 2.05) is 19.1 Å². The summed E-state index contributed by atoms with van der Waals surface area (Å²) in [6, 6.07) is 10.6. The monoisotopic (exact) mass is 241 g/mol. The summed E-state index contributed by atoms with van der Waals surface area (Å²) in [7, 11) is 1.72. The van der Waals surface area contributed by atoms with Crippen LogP contribution in [0.5, 0.6) is 0 Å². The van der Waals surface area contributed by atoms with Crippen LogP contribution < -0.4 is 10.6 Å². The average molecular weight is 241 g/mol. The standard InChI is InChI=1S/C14H15N3O/c1-10-4-3-9-16-13(10)17(2)14(18)11-5-7-12(15)8-6-11/h3-9H,15H2,1-2H3. The van der Waals surface area contributed by atoms with Gasteiger partial charge in [0, 0.05) is 24.5 Å². The Bertz CT molecular complexity index is 564. The Morgan fingerprint density at radius 3 is 2.50 bits per heavy atom. The van der Waals surface area contributed by atoms with E-state index in [9.17, 15) is 4.79 Å². The third kappa shape index (κ3) is 2.32. The molecule has 1 heterocycles. The first-order chi connectivity index (χ1) is 8.59. The highest BCUT2D eigenvalue weighted by molar-refractivity contribution is 6.05. The van der Waals surface area contributed by atoms with Crippen molar-refractivity contribution in [3.05, 3.63) is 53.7 Å². The van der Waals surface area contributed by atoms with Crippen LogP contribution in [0, 0.1) is 6.92 Å². The lowest BCUT2D eigenvalue weighted by Crippen LogP contribution is -2.27. The molecule has 0 atom stereocenters. The number of nitrogens with two attached hydrogens (primary N) is 1. The third-order valence-electron chi connectivity index (χ3n) is 2.76. The van der Waals surface area contributed by atoms with E-state index in [0.29, 0.717) is 17.1 Å². The number of carbonyl (C=O) groups is 1.